The maximum atomic E-state index is 12.7. The van der Waals surface area contributed by atoms with Crippen molar-refractivity contribution < 1.29 is 9.90 Å². The Bertz CT molecular complexity index is 1120. The van der Waals surface area contributed by atoms with E-state index in [1.165, 1.54) is 11.1 Å². The molecule has 0 saturated heterocycles. The molecule has 1 amide bonds. The highest BCUT2D eigenvalue weighted by Gasteiger charge is 2.25. The Morgan fingerprint density at radius 1 is 1.30 bits per heavy atom. The fraction of sp³-hybridized carbons (Fsp3) is 0.333. The molecule has 0 radical (unpaired) electrons. The molecule has 0 unspecified atom stereocenters. The Morgan fingerprint density at radius 3 is 2.80 bits per heavy atom. The monoisotopic (exact) mass is 404 g/mol. The molecule has 6 nitrogen and oxygen atoms in total. The molecule has 156 valence electrons. The Balaban J connectivity index is 1.88. The second kappa shape index (κ2) is 8.32. The molecule has 0 aliphatic carbocycles. The predicted molar refractivity (Wildman–Crippen MR) is 120 cm³/mol. The number of aromatic nitrogens is 2. The second-order valence-corrected chi connectivity index (χ2v) is 7.76. The van der Waals surface area contributed by atoms with Crippen molar-refractivity contribution in [3.63, 3.8) is 0 Å². The number of fused-ring (bicyclic) bond motifs is 2. The number of anilines is 1. The molecule has 0 saturated carbocycles. The third kappa shape index (κ3) is 3.48. The van der Waals surface area contributed by atoms with Gasteiger partial charge in [0.1, 0.15) is 5.69 Å². The molecule has 0 bridgehead atoms. The summed E-state index contributed by atoms with van der Waals surface area (Å²) in [5.74, 6) is 0.562. The summed E-state index contributed by atoms with van der Waals surface area (Å²) >= 11 is 0. The molecule has 2 aromatic heterocycles. The zero-order valence-corrected chi connectivity index (χ0v) is 17.6. The van der Waals surface area contributed by atoms with Crippen LogP contribution < -0.4 is 10.2 Å². The Hall–Kier alpha value is -3.12. The summed E-state index contributed by atoms with van der Waals surface area (Å²) in [6, 6.07) is 10.4. The molecule has 0 fully saturated rings. The van der Waals surface area contributed by atoms with E-state index >= 15 is 0 Å². The van der Waals surface area contributed by atoms with Crippen molar-refractivity contribution in [2.24, 2.45) is 0 Å². The highest BCUT2D eigenvalue weighted by atomic mass is 16.3. The smallest absolute Gasteiger partial charge is 0.270 e. The van der Waals surface area contributed by atoms with E-state index in [0.717, 1.165) is 47.5 Å². The lowest BCUT2D eigenvalue weighted by Gasteiger charge is -2.31. The number of nitrogens with zero attached hydrogens (tertiary/aromatic N) is 3. The number of pyridine rings is 1. The zero-order valence-electron chi connectivity index (χ0n) is 17.6. The van der Waals surface area contributed by atoms with Crippen LogP contribution in [-0.4, -0.2) is 40.3 Å². The molecule has 30 heavy (non-hydrogen) atoms. The molecule has 6 heteroatoms. The lowest BCUT2D eigenvalue weighted by molar-refractivity contribution is 0.0940. The first-order valence-electron chi connectivity index (χ1n) is 10.4. The van der Waals surface area contributed by atoms with Crippen molar-refractivity contribution in [3.8, 4) is 0 Å². The third-order valence-electron chi connectivity index (χ3n) is 5.97. The number of aryl methyl sites for hydroxylation is 1. The normalized spacial score (nSPS) is 13.4. The summed E-state index contributed by atoms with van der Waals surface area (Å²) in [4.78, 5) is 19.8. The number of carbonyl (C=O) groups excluding carboxylic acids is 1. The van der Waals surface area contributed by atoms with Crippen molar-refractivity contribution >= 4 is 22.6 Å². The van der Waals surface area contributed by atoms with E-state index in [4.69, 9.17) is 10.1 Å². The number of amides is 1. The van der Waals surface area contributed by atoms with Crippen LogP contribution in [0.25, 0.3) is 10.9 Å². The lowest BCUT2D eigenvalue weighted by Crippen LogP contribution is -2.33. The minimum absolute atomic E-state index is 0.0996. The highest BCUT2D eigenvalue weighted by molar-refractivity contribution is 6.01. The van der Waals surface area contributed by atoms with Gasteiger partial charge in [0, 0.05) is 37.3 Å². The van der Waals surface area contributed by atoms with Crippen LogP contribution in [0.15, 0.2) is 43.0 Å². The molecule has 0 spiro atoms. The summed E-state index contributed by atoms with van der Waals surface area (Å²) in [7, 11) is 0. The van der Waals surface area contributed by atoms with E-state index in [9.17, 15) is 4.79 Å². The van der Waals surface area contributed by atoms with Gasteiger partial charge in [-0.15, -0.1) is 6.58 Å². The minimum atomic E-state index is -0.266. The fourth-order valence-corrected chi connectivity index (χ4v) is 4.27. The van der Waals surface area contributed by atoms with Crippen LogP contribution in [0.2, 0.25) is 0 Å². The number of allylic oxidation sites excluding steroid dienone is 1. The van der Waals surface area contributed by atoms with Crippen LogP contribution in [0.5, 0.6) is 0 Å². The average molecular weight is 405 g/mol. The number of aliphatic hydroxyl groups is 1. The van der Waals surface area contributed by atoms with E-state index in [-0.39, 0.29) is 19.1 Å². The van der Waals surface area contributed by atoms with Gasteiger partial charge in [-0.25, -0.2) is 4.98 Å². The Morgan fingerprint density at radius 2 is 2.07 bits per heavy atom. The fourth-order valence-electron chi connectivity index (χ4n) is 4.27. The Kier molecular flexibility index (Phi) is 5.59. The SMILES string of the molecule is C=CCn1c(C)c(C)c2cc(C(=O)NCCO)nc(N3CCc4ccccc4C3)c21. The van der Waals surface area contributed by atoms with Crippen LogP contribution in [0.1, 0.15) is 32.9 Å². The topological polar surface area (TPSA) is 70.4 Å². The van der Waals surface area contributed by atoms with Gasteiger partial charge in [0.05, 0.1) is 12.1 Å². The number of aliphatic hydroxyl groups excluding tert-OH is 1. The predicted octanol–water partition coefficient (Wildman–Crippen LogP) is 3.12. The lowest BCUT2D eigenvalue weighted by atomic mass is 10.00. The van der Waals surface area contributed by atoms with E-state index in [1.807, 2.05) is 12.1 Å². The van der Waals surface area contributed by atoms with Crippen LogP contribution in [0.3, 0.4) is 0 Å². The summed E-state index contributed by atoms with van der Waals surface area (Å²) in [5.41, 5.74) is 6.38. The van der Waals surface area contributed by atoms with Crippen LogP contribution in [0.4, 0.5) is 5.82 Å². The Labute approximate surface area is 176 Å². The summed E-state index contributed by atoms with van der Waals surface area (Å²) in [6.45, 7) is 10.5. The van der Waals surface area contributed by atoms with Crippen molar-refractivity contribution in [2.75, 3.05) is 24.6 Å². The second-order valence-electron chi connectivity index (χ2n) is 7.76. The van der Waals surface area contributed by atoms with Gasteiger partial charge in [-0.3, -0.25) is 4.79 Å². The molecule has 4 rings (SSSR count). The number of nitrogens with one attached hydrogen (secondary N) is 1. The molecule has 1 aliphatic heterocycles. The molecule has 1 aliphatic rings. The van der Waals surface area contributed by atoms with E-state index < -0.39 is 0 Å². The van der Waals surface area contributed by atoms with Crippen molar-refractivity contribution in [3.05, 3.63) is 71.1 Å². The molecule has 2 N–H and O–H groups in total. The molecular formula is C24H28N4O2. The first-order chi connectivity index (χ1) is 14.5. The quantitative estimate of drug-likeness (QED) is 0.620. The molecule has 0 atom stereocenters. The molecular weight excluding hydrogens is 376 g/mol. The van der Waals surface area contributed by atoms with Crippen molar-refractivity contribution in [1.29, 1.82) is 0 Å². The maximum Gasteiger partial charge on any atom is 0.270 e. The van der Waals surface area contributed by atoms with Gasteiger partial charge < -0.3 is 19.9 Å². The highest BCUT2D eigenvalue weighted by Crippen LogP contribution is 2.35. The zero-order chi connectivity index (χ0) is 21.3. The summed E-state index contributed by atoms with van der Waals surface area (Å²) in [5, 5.41) is 12.8. The van der Waals surface area contributed by atoms with E-state index in [0.29, 0.717) is 12.2 Å². The number of hydrogen-bond acceptors (Lipinski definition) is 4. The summed E-state index contributed by atoms with van der Waals surface area (Å²) < 4.78 is 2.23. The number of rotatable bonds is 6. The molecule has 3 aromatic rings. The number of carbonyl (C=O) groups is 1. The maximum absolute atomic E-state index is 12.7. The van der Waals surface area contributed by atoms with Gasteiger partial charge >= 0.3 is 0 Å². The molecule has 3 heterocycles. The standard InChI is InChI=1S/C24H28N4O2/c1-4-11-28-17(3)16(2)20-14-21(24(30)25-10-13-29)26-23(22(20)28)27-12-9-18-7-5-6-8-19(18)15-27/h4-8,14,29H,1,9-13,15H2,2-3H3,(H,25,30). The van der Waals surface area contributed by atoms with Gasteiger partial charge in [0.2, 0.25) is 0 Å². The first kappa shape index (κ1) is 20.2. The van der Waals surface area contributed by atoms with E-state index in [2.05, 4.69) is 59.5 Å². The van der Waals surface area contributed by atoms with Crippen LogP contribution in [-0.2, 0) is 19.5 Å². The third-order valence-corrected chi connectivity index (χ3v) is 5.97. The molecule has 1 aromatic carbocycles. The van der Waals surface area contributed by atoms with Gasteiger partial charge in [-0.2, -0.15) is 0 Å². The van der Waals surface area contributed by atoms with Crippen LogP contribution in [0, 0.1) is 13.8 Å². The van der Waals surface area contributed by atoms with E-state index in [1.54, 1.807) is 0 Å². The van der Waals surface area contributed by atoms with Crippen molar-refractivity contribution in [2.45, 2.75) is 33.4 Å². The average Bonchev–Trinajstić information content (AvgIpc) is 3.01. The summed E-state index contributed by atoms with van der Waals surface area (Å²) in [6.07, 6.45) is 2.84. The minimum Gasteiger partial charge on any atom is -0.395 e. The number of hydrogen-bond donors (Lipinski definition) is 2. The van der Waals surface area contributed by atoms with Gasteiger partial charge in [-0.05, 0) is 43.0 Å². The largest absolute Gasteiger partial charge is 0.395 e. The van der Waals surface area contributed by atoms with Gasteiger partial charge in [0.25, 0.3) is 5.91 Å². The van der Waals surface area contributed by atoms with Gasteiger partial charge in [0.15, 0.2) is 5.82 Å². The van der Waals surface area contributed by atoms with Crippen molar-refractivity contribution in [1.82, 2.24) is 14.9 Å². The first-order valence-corrected chi connectivity index (χ1v) is 10.4. The number of benzene rings is 1. The van der Waals surface area contributed by atoms with Crippen LogP contribution >= 0.6 is 0 Å². The van der Waals surface area contributed by atoms with Gasteiger partial charge in [-0.1, -0.05) is 30.3 Å².